The van der Waals surface area contributed by atoms with Crippen molar-refractivity contribution in [2.45, 2.75) is 6.54 Å². The lowest BCUT2D eigenvalue weighted by Crippen LogP contribution is -2.19. The van der Waals surface area contributed by atoms with E-state index in [4.69, 9.17) is 28.6 Å². The predicted molar refractivity (Wildman–Crippen MR) is 81.5 cm³/mol. The van der Waals surface area contributed by atoms with E-state index < -0.39 is 5.82 Å². The van der Waals surface area contributed by atoms with Crippen LogP contribution in [-0.2, 0) is 11.3 Å². The van der Waals surface area contributed by atoms with Crippen LogP contribution < -0.4 is 0 Å². The zero-order valence-corrected chi connectivity index (χ0v) is 13.0. The number of hydrogen-bond acceptors (Lipinski definition) is 3. The van der Waals surface area contributed by atoms with Crippen molar-refractivity contribution < 1.29 is 9.13 Å². The van der Waals surface area contributed by atoms with Crippen LogP contribution in [0, 0.1) is 10.6 Å². The molecule has 0 radical (unpaired) electrons. The first-order valence-corrected chi connectivity index (χ1v) is 7.07. The molecule has 0 aliphatic rings. The second-order valence-corrected chi connectivity index (χ2v) is 5.57. The van der Waals surface area contributed by atoms with Crippen LogP contribution in [0.3, 0.4) is 0 Å². The second kappa shape index (κ2) is 6.67. The average Bonchev–Trinajstić information content (AvgIpc) is 2.65. The van der Waals surface area contributed by atoms with E-state index in [2.05, 4.69) is 9.88 Å². The number of ether oxygens (including phenoxy) is 1. The predicted octanol–water partition coefficient (Wildman–Crippen LogP) is 3.07. The minimum Gasteiger partial charge on any atom is -0.378 e. The van der Waals surface area contributed by atoms with Crippen molar-refractivity contribution in [2.24, 2.45) is 0 Å². The molecule has 0 atom stereocenters. The summed E-state index contributed by atoms with van der Waals surface area (Å²) < 4.78 is 21.4. The minimum absolute atomic E-state index is 0.0862. The van der Waals surface area contributed by atoms with Gasteiger partial charge in [0.1, 0.15) is 5.82 Å². The van der Waals surface area contributed by atoms with E-state index >= 15 is 0 Å². The molecule has 1 heterocycles. The van der Waals surface area contributed by atoms with E-state index in [1.54, 1.807) is 6.07 Å². The van der Waals surface area contributed by atoms with Crippen LogP contribution in [0.2, 0.25) is 5.02 Å². The SMILES string of the molecule is CN(C)CCOCCn1c(=S)[nH]c2cc(Cl)c(F)cc21. The number of aromatic nitrogens is 2. The van der Waals surface area contributed by atoms with E-state index in [-0.39, 0.29) is 5.02 Å². The highest BCUT2D eigenvalue weighted by Gasteiger charge is 2.08. The van der Waals surface area contributed by atoms with E-state index in [0.29, 0.717) is 30.0 Å². The van der Waals surface area contributed by atoms with Gasteiger partial charge >= 0.3 is 0 Å². The molecule has 2 rings (SSSR count). The van der Waals surface area contributed by atoms with Crippen LogP contribution in [-0.4, -0.2) is 48.3 Å². The van der Waals surface area contributed by atoms with Crippen molar-refractivity contribution >= 4 is 34.9 Å². The quantitative estimate of drug-likeness (QED) is 0.656. The van der Waals surface area contributed by atoms with Gasteiger partial charge in [0.25, 0.3) is 0 Å². The monoisotopic (exact) mass is 317 g/mol. The van der Waals surface area contributed by atoms with Gasteiger partial charge in [-0.05, 0) is 32.4 Å². The molecule has 0 spiro atoms. The van der Waals surface area contributed by atoms with Gasteiger partial charge in [0, 0.05) is 19.2 Å². The number of fused-ring (bicyclic) bond motifs is 1. The summed E-state index contributed by atoms with van der Waals surface area (Å²) in [5.74, 6) is -0.449. The fourth-order valence-electron chi connectivity index (χ4n) is 1.88. The van der Waals surface area contributed by atoms with E-state index in [9.17, 15) is 4.39 Å². The van der Waals surface area contributed by atoms with Gasteiger partial charge in [0.05, 0.1) is 29.3 Å². The van der Waals surface area contributed by atoms with Crippen molar-refractivity contribution in [2.75, 3.05) is 33.9 Å². The summed E-state index contributed by atoms with van der Waals surface area (Å²) in [6.07, 6.45) is 0. The highest BCUT2D eigenvalue weighted by atomic mass is 35.5. The number of hydrogen-bond donors (Lipinski definition) is 1. The summed E-state index contributed by atoms with van der Waals surface area (Å²) in [6.45, 7) is 2.62. The van der Waals surface area contributed by atoms with Crippen molar-refractivity contribution in [3.63, 3.8) is 0 Å². The Bertz CT molecular complexity index is 653. The van der Waals surface area contributed by atoms with E-state index in [1.807, 2.05) is 18.7 Å². The summed E-state index contributed by atoms with van der Waals surface area (Å²) in [5.41, 5.74) is 1.43. The molecule has 0 fully saturated rings. The lowest BCUT2D eigenvalue weighted by Gasteiger charge is -2.10. The standard InChI is InChI=1S/C13H17ClFN3OS/c1-17(2)3-5-19-6-4-18-12-8-10(15)9(14)7-11(12)16-13(18)20/h7-8H,3-6H2,1-2H3,(H,16,20). The van der Waals surface area contributed by atoms with Gasteiger partial charge in [-0.3, -0.25) is 0 Å². The summed E-state index contributed by atoms with van der Waals surface area (Å²) in [7, 11) is 3.98. The summed E-state index contributed by atoms with van der Waals surface area (Å²) >= 11 is 11.0. The van der Waals surface area contributed by atoms with Gasteiger partial charge in [0.2, 0.25) is 0 Å². The highest BCUT2D eigenvalue weighted by molar-refractivity contribution is 7.71. The molecule has 2 aromatic rings. The molecule has 0 saturated carbocycles. The largest absolute Gasteiger partial charge is 0.378 e. The maximum absolute atomic E-state index is 13.5. The Kier molecular flexibility index (Phi) is 5.15. The van der Waals surface area contributed by atoms with Gasteiger partial charge in [-0.2, -0.15) is 0 Å². The zero-order chi connectivity index (χ0) is 14.7. The molecule has 0 bridgehead atoms. The Morgan fingerprint density at radius 3 is 2.85 bits per heavy atom. The zero-order valence-electron chi connectivity index (χ0n) is 11.4. The number of likely N-dealkylation sites (N-methyl/N-ethyl adjacent to an activating group) is 1. The first-order valence-electron chi connectivity index (χ1n) is 6.29. The van der Waals surface area contributed by atoms with Crippen molar-refractivity contribution in [3.8, 4) is 0 Å². The van der Waals surface area contributed by atoms with Gasteiger partial charge in [0.15, 0.2) is 4.77 Å². The molecule has 1 N–H and O–H groups in total. The highest BCUT2D eigenvalue weighted by Crippen LogP contribution is 2.22. The molecule has 7 heteroatoms. The lowest BCUT2D eigenvalue weighted by atomic mass is 10.3. The normalized spacial score (nSPS) is 11.7. The molecule has 1 aromatic carbocycles. The molecule has 0 amide bonds. The fourth-order valence-corrected chi connectivity index (χ4v) is 2.34. The Hall–Kier alpha value is -0.950. The molecule has 20 heavy (non-hydrogen) atoms. The molecule has 0 saturated heterocycles. The number of H-pyrrole nitrogens is 1. The Labute approximate surface area is 127 Å². The van der Waals surface area contributed by atoms with Gasteiger partial charge in [-0.15, -0.1) is 0 Å². The maximum atomic E-state index is 13.5. The molecular weight excluding hydrogens is 301 g/mol. The summed E-state index contributed by atoms with van der Waals surface area (Å²) in [5, 5.41) is 0.0862. The second-order valence-electron chi connectivity index (χ2n) is 4.78. The summed E-state index contributed by atoms with van der Waals surface area (Å²) in [4.78, 5) is 5.07. The fraction of sp³-hybridized carbons (Fsp3) is 0.462. The smallest absolute Gasteiger partial charge is 0.178 e. The number of halogens is 2. The van der Waals surface area contributed by atoms with Crippen LogP contribution in [0.25, 0.3) is 11.0 Å². The first-order chi connectivity index (χ1) is 9.49. The van der Waals surface area contributed by atoms with Crippen LogP contribution in [0.15, 0.2) is 12.1 Å². The van der Waals surface area contributed by atoms with E-state index in [1.165, 1.54) is 6.07 Å². The number of rotatable bonds is 6. The van der Waals surface area contributed by atoms with Gasteiger partial charge < -0.3 is 19.2 Å². The first kappa shape index (κ1) is 15.4. The van der Waals surface area contributed by atoms with Crippen molar-refractivity contribution in [1.82, 2.24) is 14.5 Å². The topological polar surface area (TPSA) is 33.2 Å². The van der Waals surface area contributed by atoms with Gasteiger partial charge in [-0.1, -0.05) is 11.6 Å². The average molecular weight is 318 g/mol. The van der Waals surface area contributed by atoms with Crippen molar-refractivity contribution in [3.05, 3.63) is 27.7 Å². The number of aromatic amines is 1. The minimum atomic E-state index is -0.449. The maximum Gasteiger partial charge on any atom is 0.178 e. The summed E-state index contributed by atoms with van der Waals surface area (Å²) in [6, 6.07) is 2.94. The number of imidazole rings is 1. The Balaban J connectivity index is 2.08. The number of nitrogens with one attached hydrogen (secondary N) is 1. The van der Waals surface area contributed by atoms with E-state index in [0.717, 1.165) is 12.1 Å². The van der Waals surface area contributed by atoms with Crippen LogP contribution in [0.5, 0.6) is 0 Å². The number of benzene rings is 1. The van der Waals surface area contributed by atoms with Crippen molar-refractivity contribution in [1.29, 1.82) is 0 Å². The Morgan fingerprint density at radius 1 is 1.40 bits per heavy atom. The van der Waals surface area contributed by atoms with Crippen LogP contribution in [0.4, 0.5) is 4.39 Å². The third-order valence-corrected chi connectivity index (χ3v) is 3.57. The van der Waals surface area contributed by atoms with Gasteiger partial charge in [-0.25, -0.2) is 4.39 Å². The third kappa shape index (κ3) is 3.58. The Morgan fingerprint density at radius 2 is 2.15 bits per heavy atom. The molecular formula is C13H17ClFN3OS. The molecule has 4 nitrogen and oxygen atoms in total. The van der Waals surface area contributed by atoms with Crippen LogP contribution in [0.1, 0.15) is 0 Å². The molecule has 110 valence electrons. The molecule has 0 aliphatic carbocycles. The van der Waals surface area contributed by atoms with Crippen LogP contribution >= 0.6 is 23.8 Å². The lowest BCUT2D eigenvalue weighted by molar-refractivity contribution is 0.111. The third-order valence-electron chi connectivity index (χ3n) is 2.96. The number of nitrogens with zero attached hydrogens (tertiary/aromatic N) is 2. The molecule has 1 aromatic heterocycles. The molecule has 0 aliphatic heterocycles. The molecule has 0 unspecified atom stereocenters.